The number of fused-ring (bicyclic) bond motifs is 1. The molecule has 2 aromatic heterocycles. The van der Waals surface area contributed by atoms with Crippen molar-refractivity contribution in [3.63, 3.8) is 0 Å². The highest BCUT2D eigenvalue weighted by Crippen LogP contribution is 2.13. The van der Waals surface area contributed by atoms with Crippen LogP contribution in [0.15, 0.2) is 51.9 Å². The lowest BCUT2D eigenvalue weighted by Gasteiger charge is -2.14. The Hall–Kier alpha value is -2.89. The number of furan rings is 1. The molecule has 3 rings (SSSR count). The van der Waals surface area contributed by atoms with Crippen molar-refractivity contribution in [2.75, 3.05) is 0 Å². The van der Waals surface area contributed by atoms with E-state index in [2.05, 4.69) is 10.4 Å². The number of benzene rings is 1. The van der Waals surface area contributed by atoms with Crippen molar-refractivity contribution in [1.29, 1.82) is 0 Å². The summed E-state index contributed by atoms with van der Waals surface area (Å²) < 4.78 is 6.50. The number of amides is 1. The fourth-order valence-corrected chi connectivity index (χ4v) is 2.65. The van der Waals surface area contributed by atoms with Crippen molar-refractivity contribution in [3.05, 3.63) is 64.5 Å². The van der Waals surface area contributed by atoms with E-state index in [9.17, 15) is 9.59 Å². The van der Waals surface area contributed by atoms with Crippen LogP contribution in [0.5, 0.6) is 0 Å². The predicted octanol–water partition coefficient (Wildman–Crippen LogP) is 2.28. The minimum Gasteiger partial charge on any atom is -0.469 e. The number of nitrogens with one attached hydrogen (secondary N) is 1. The van der Waals surface area contributed by atoms with E-state index >= 15 is 0 Å². The SMILES string of the molecule is C[C@@H](CCc1ccco1)NC(=O)c1nn(C)c(=O)c2ccccc12. The molecule has 0 aliphatic carbocycles. The first-order valence-corrected chi connectivity index (χ1v) is 7.85. The minimum absolute atomic E-state index is 0.0413. The monoisotopic (exact) mass is 325 g/mol. The molecule has 0 bridgehead atoms. The maximum absolute atomic E-state index is 12.6. The highest BCUT2D eigenvalue weighted by Gasteiger charge is 2.17. The van der Waals surface area contributed by atoms with Gasteiger partial charge in [-0.3, -0.25) is 9.59 Å². The van der Waals surface area contributed by atoms with Gasteiger partial charge in [0.15, 0.2) is 5.69 Å². The number of aromatic nitrogens is 2. The first-order chi connectivity index (χ1) is 11.6. The van der Waals surface area contributed by atoms with Crippen LogP contribution >= 0.6 is 0 Å². The average molecular weight is 325 g/mol. The van der Waals surface area contributed by atoms with Crippen LogP contribution in [-0.4, -0.2) is 21.7 Å². The van der Waals surface area contributed by atoms with Gasteiger partial charge in [0.1, 0.15) is 5.76 Å². The first-order valence-electron chi connectivity index (χ1n) is 7.85. The van der Waals surface area contributed by atoms with Crippen LogP contribution < -0.4 is 10.9 Å². The van der Waals surface area contributed by atoms with Gasteiger partial charge in [-0.2, -0.15) is 5.10 Å². The Morgan fingerprint density at radius 2 is 2.00 bits per heavy atom. The summed E-state index contributed by atoms with van der Waals surface area (Å²) in [5.41, 5.74) is 0.0468. The van der Waals surface area contributed by atoms with Crippen LogP contribution in [0.25, 0.3) is 10.8 Å². The second kappa shape index (κ2) is 6.70. The number of nitrogens with zero attached hydrogens (tertiary/aromatic N) is 2. The maximum Gasteiger partial charge on any atom is 0.274 e. The number of hydrogen-bond acceptors (Lipinski definition) is 4. The Balaban J connectivity index is 1.78. The van der Waals surface area contributed by atoms with E-state index in [4.69, 9.17) is 4.42 Å². The van der Waals surface area contributed by atoms with E-state index < -0.39 is 0 Å². The Morgan fingerprint density at radius 3 is 2.71 bits per heavy atom. The highest BCUT2D eigenvalue weighted by atomic mass is 16.3. The standard InChI is InChI=1S/C18H19N3O3/c1-12(9-10-13-6-5-11-24-13)19-17(22)16-14-7-3-4-8-15(14)18(23)21(2)20-16/h3-8,11-12H,9-10H2,1-2H3,(H,19,22)/t12-/m0/s1. The lowest BCUT2D eigenvalue weighted by molar-refractivity contribution is 0.0932. The molecule has 0 aliphatic rings. The lowest BCUT2D eigenvalue weighted by atomic mass is 10.1. The molecule has 0 saturated heterocycles. The summed E-state index contributed by atoms with van der Waals surface area (Å²) in [4.78, 5) is 24.7. The van der Waals surface area contributed by atoms with Crippen LogP contribution in [0, 0.1) is 0 Å². The van der Waals surface area contributed by atoms with Gasteiger partial charge in [0.05, 0.1) is 11.6 Å². The van der Waals surface area contributed by atoms with E-state index in [1.807, 2.05) is 19.1 Å². The summed E-state index contributed by atoms with van der Waals surface area (Å²) in [6, 6.07) is 10.7. The summed E-state index contributed by atoms with van der Waals surface area (Å²) in [6.45, 7) is 1.94. The molecular weight excluding hydrogens is 306 g/mol. The molecule has 6 nitrogen and oxygen atoms in total. The summed E-state index contributed by atoms with van der Waals surface area (Å²) in [5.74, 6) is 0.607. The van der Waals surface area contributed by atoms with Crippen LogP contribution in [0.4, 0.5) is 0 Å². The van der Waals surface area contributed by atoms with Gasteiger partial charge >= 0.3 is 0 Å². The molecule has 0 unspecified atom stereocenters. The Morgan fingerprint density at radius 1 is 1.25 bits per heavy atom. The second-order valence-corrected chi connectivity index (χ2v) is 5.82. The molecule has 1 aromatic carbocycles. The molecule has 1 amide bonds. The Bertz CT molecular complexity index is 913. The topological polar surface area (TPSA) is 77.1 Å². The van der Waals surface area contributed by atoms with E-state index in [-0.39, 0.29) is 23.2 Å². The number of carbonyl (C=O) groups excluding carboxylic acids is 1. The average Bonchev–Trinajstić information content (AvgIpc) is 3.10. The maximum atomic E-state index is 12.6. The van der Waals surface area contributed by atoms with Crippen LogP contribution in [-0.2, 0) is 13.5 Å². The van der Waals surface area contributed by atoms with E-state index in [0.717, 1.165) is 18.6 Å². The van der Waals surface area contributed by atoms with Gasteiger partial charge in [-0.05, 0) is 31.5 Å². The van der Waals surface area contributed by atoms with Crippen molar-refractivity contribution in [1.82, 2.24) is 15.1 Å². The van der Waals surface area contributed by atoms with Crippen LogP contribution in [0.1, 0.15) is 29.6 Å². The fraction of sp³-hybridized carbons (Fsp3) is 0.278. The molecule has 6 heteroatoms. The van der Waals surface area contributed by atoms with Crippen molar-refractivity contribution in [2.24, 2.45) is 7.05 Å². The third-order valence-corrected chi connectivity index (χ3v) is 3.95. The molecule has 2 heterocycles. The van der Waals surface area contributed by atoms with Gasteiger partial charge in [-0.15, -0.1) is 0 Å². The fourth-order valence-electron chi connectivity index (χ4n) is 2.65. The third-order valence-electron chi connectivity index (χ3n) is 3.95. The zero-order chi connectivity index (χ0) is 17.1. The molecule has 0 fully saturated rings. The zero-order valence-corrected chi connectivity index (χ0v) is 13.7. The van der Waals surface area contributed by atoms with Gasteiger partial charge < -0.3 is 9.73 Å². The summed E-state index contributed by atoms with van der Waals surface area (Å²) in [6.07, 6.45) is 3.14. The number of carbonyl (C=O) groups is 1. The third kappa shape index (κ3) is 3.22. The smallest absolute Gasteiger partial charge is 0.274 e. The van der Waals surface area contributed by atoms with E-state index in [0.29, 0.717) is 10.8 Å². The zero-order valence-electron chi connectivity index (χ0n) is 13.7. The molecule has 0 saturated carbocycles. The molecular formula is C18H19N3O3. The normalized spacial score (nSPS) is 12.2. The van der Waals surface area contributed by atoms with Crippen molar-refractivity contribution in [3.8, 4) is 0 Å². The highest BCUT2D eigenvalue weighted by molar-refractivity contribution is 6.04. The van der Waals surface area contributed by atoms with Gasteiger partial charge in [0.25, 0.3) is 11.5 Å². The quantitative estimate of drug-likeness (QED) is 0.781. The summed E-state index contributed by atoms with van der Waals surface area (Å²) in [7, 11) is 1.55. The van der Waals surface area contributed by atoms with Gasteiger partial charge in [-0.25, -0.2) is 4.68 Å². The van der Waals surface area contributed by atoms with Gasteiger partial charge in [0.2, 0.25) is 0 Å². The van der Waals surface area contributed by atoms with E-state index in [1.54, 1.807) is 37.6 Å². The molecule has 3 aromatic rings. The van der Waals surface area contributed by atoms with Crippen LogP contribution in [0.2, 0.25) is 0 Å². The molecule has 24 heavy (non-hydrogen) atoms. The molecule has 1 atom stereocenters. The van der Waals surface area contributed by atoms with Crippen molar-refractivity contribution < 1.29 is 9.21 Å². The lowest BCUT2D eigenvalue weighted by Crippen LogP contribution is -2.35. The Labute approximate surface area is 139 Å². The number of hydrogen-bond donors (Lipinski definition) is 1. The Kier molecular flexibility index (Phi) is 4.46. The summed E-state index contributed by atoms with van der Waals surface area (Å²) in [5, 5.41) is 8.13. The molecule has 124 valence electrons. The van der Waals surface area contributed by atoms with Gasteiger partial charge in [-0.1, -0.05) is 18.2 Å². The van der Waals surface area contributed by atoms with Crippen molar-refractivity contribution in [2.45, 2.75) is 25.8 Å². The van der Waals surface area contributed by atoms with Crippen molar-refractivity contribution >= 4 is 16.7 Å². The number of aryl methyl sites for hydroxylation is 2. The molecule has 0 radical (unpaired) electrons. The second-order valence-electron chi connectivity index (χ2n) is 5.82. The van der Waals surface area contributed by atoms with Gasteiger partial charge in [0, 0.05) is 24.9 Å². The summed E-state index contributed by atoms with van der Waals surface area (Å²) >= 11 is 0. The minimum atomic E-state index is -0.284. The largest absolute Gasteiger partial charge is 0.469 e. The van der Waals surface area contributed by atoms with Crippen LogP contribution in [0.3, 0.4) is 0 Å². The molecule has 0 spiro atoms. The van der Waals surface area contributed by atoms with E-state index in [1.165, 1.54) is 4.68 Å². The molecule has 0 aliphatic heterocycles. The predicted molar refractivity (Wildman–Crippen MR) is 90.9 cm³/mol. The molecule has 1 N–H and O–H groups in total. The first kappa shape index (κ1) is 16.0. The number of rotatable bonds is 5.